The fourth-order valence-electron chi connectivity index (χ4n) is 2.78. The molecule has 108 valence electrons. The highest BCUT2D eigenvalue weighted by atomic mass is 16.5. The van der Waals surface area contributed by atoms with Gasteiger partial charge in [0.2, 0.25) is 0 Å². The fourth-order valence-corrected chi connectivity index (χ4v) is 2.78. The molecule has 0 spiro atoms. The van der Waals surface area contributed by atoms with Gasteiger partial charge in [-0.25, -0.2) is 4.79 Å². The maximum Gasteiger partial charge on any atom is 0.338 e. The normalized spacial score (nSPS) is 21.4. The molecule has 0 saturated heterocycles. The number of benzene rings is 1. The molecule has 0 N–H and O–H groups in total. The van der Waals surface area contributed by atoms with Gasteiger partial charge in [0, 0.05) is 11.6 Å². The lowest BCUT2D eigenvalue weighted by Crippen LogP contribution is -2.21. The van der Waals surface area contributed by atoms with E-state index >= 15 is 0 Å². The number of aromatic nitrogens is 1. The first-order valence-corrected chi connectivity index (χ1v) is 7.41. The molecule has 3 heteroatoms. The van der Waals surface area contributed by atoms with Crippen LogP contribution in [0, 0.1) is 11.8 Å². The van der Waals surface area contributed by atoms with Crippen LogP contribution in [0.25, 0.3) is 10.9 Å². The van der Waals surface area contributed by atoms with E-state index in [9.17, 15) is 4.79 Å². The van der Waals surface area contributed by atoms with E-state index in [1.54, 1.807) is 12.3 Å². The van der Waals surface area contributed by atoms with Gasteiger partial charge < -0.3 is 4.74 Å². The Morgan fingerprint density at radius 3 is 2.95 bits per heavy atom. The van der Waals surface area contributed by atoms with Crippen molar-refractivity contribution in [3.8, 4) is 0 Å². The second-order valence-corrected chi connectivity index (χ2v) is 5.65. The Morgan fingerprint density at radius 1 is 1.24 bits per heavy atom. The zero-order chi connectivity index (χ0) is 14.7. The summed E-state index contributed by atoms with van der Waals surface area (Å²) in [6.45, 7) is 2.70. The quantitative estimate of drug-likeness (QED) is 0.630. The van der Waals surface area contributed by atoms with Crippen molar-refractivity contribution in [2.75, 3.05) is 6.61 Å². The summed E-state index contributed by atoms with van der Waals surface area (Å²) in [5, 5.41) is 0.849. The molecule has 2 aromatic rings. The molecule has 2 unspecified atom stereocenters. The molecule has 0 fully saturated rings. The summed E-state index contributed by atoms with van der Waals surface area (Å²) in [6.07, 6.45) is 8.18. The Hall–Kier alpha value is -2.16. The third-order valence-corrected chi connectivity index (χ3v) is 4.21. The summed E-state index contributed by atoms with van der Waals surface area (Å²) in [4.78, 5) is 16.6. The van der Waals surface area contributed by atoms with Crippen LogP contribution in [0.3, 0.4) is 0 Å². The second-order valence-electron chi connectivity index (χ2n) is 5.65. The summed E-state index contributed by atoms with van der Waals surface area (Å²) >= 11 is 0. The summed E-state index contributed by atoms with van der Waals surface area (Å²) in [5.74, 6) is 0.736. The average molecular weight is 281 g/mol. The van der Waals surface area contributed by atoms with Crippen LogP contribution in [-0.2, 0) is 4.74 Å². The number of carbonyl (C=O) groups excluding carboxylic acids is 1. The summed E-state index contributed by atoms with van der Waals surface area (Å²) < 4.78 is 5.55. The highest BCUT2D eigenvalue weighted by Gasteiger charge is 2.21. The summed E-state index contributed by atoms with van der Waals surface area (Å²) in [6, 6.07) is 9.30. The zero-order valence-corrected chi connectivity index (χ0v) is 12.2. The van der Waals surface area contributed by atoms with Crippen molar-refractivity contribution in [3.63, 3.8) is 0 Å². The van der Waals surface area contributed by atoms with Crippen molar-refractivity contribution < 1.29 is 9.53 Å². The fraction of sp³-hybridized carbons (Fsp3) is 0.333. The Balaban J connectivity index is 1.74. The molecule has 21 heavy (non-hydrogen) atoms. The number of hydrogen-bond acceptors (Lipinski definition) is 3. The molecule has 2 atom stereocenters. The minimum absolute atomic E-state index is 0.254. The zero-order valence-electron chi connectivity index (χ0n) is 12.2. The van der Waals surface area contributed by atoms with E-state index in [4.69, 9.17) is 4.74 Å². The van der Waals surface area contributed by atoms with Crippen molar-refractivity contribution in [1.82, 2.24) is 4.98 Å². The van der Waals surface area contributed by atoms with E-state index in [0.717, 1.165) is 23.7 Å². The standard InChI is InChI=1S/C18H19NO2/c1-13-6-2-3-7-14(13)12-21-18(20)16-8-4-10-17-15(16)9-5-11-19-17/h2-5,8-11,13-14H,6-7,12H2,1H3. The highest BCUT2D eigenvalue weighted by Crippen LogP contribution is 2.26. The lowest BCUT2D eigenvalue weighted by molar-refractivity contribution is 0.0397. The maximum atomic E-state index is 12.3. The number of ether oxygens (including phenoxy) is 1. The third-order valence-electron chi connectivity index (χ3n) is 4.21. The van der Waals surface area contributed by atoms with Crippen LogP contribution in [0.5, 0.6) is 0 Å². The Morgan fingerprint density at radius 2 is 2.10 bits per heavy atom. The van der Waals surface area contributed by atoms with Crippen LogP contribution in [-0.4, -0.2) is 17.6 Å². The van der Waals surface area contributed by atoms with Gasteiger partial charge in [-0.1, -0.05) is 31.2 Å². The molecule has 1 aromatic carbocycles. The summed E-state index contributed by atoms with van der Waals surface area (Å²) in [5.41, 5.74) is 1.42. The predicted molar refractivity (Wildman–Crippen MR) is 83.1 cm³/mol. The molecule has 3 rings (SSSR count). The first-order chi connectivity index (χ1) is 10.3. The van der Waals surface area contributed by atoms with Crippen molar-refractivity contribution >= 4 is 16.9 Å². The van der Waals surface area contributed by atoms with Crippen LogP contribution in [0.15, 0.2) is 48.7 Å². The molecule has 0 radical (unpaired) electrons. The number of carbonyl (C=O) groups is 1. The lowest BCUT2D eigenvalue weighted by atomic mass is 9.85. The molecule has 1 aliphatic carbocycles. The highest BCUT2D eigenvalue weighted by molar-refractivity contribution is 6.03. The van der Waals surface area contributed by atoms with Gasteiger partial charge in [0.1, 0.15) is 0 Å². The van der Waals surface area contributed by atoms with Crippen LogP contribution in [0.2, 0.25) is 0 Å². The number of nitrogens with zero attached hydrogens (tertiary/aromatic N) is 1. The van der Waals surface area contributed by atoms with Gasteiger partial charge in [0.25, 0.3) is 0 Å². The maximum absolute atomic E-state index is 12.3. The summed E-state index contributed by atoms with van der Waals surface area (Å²) in [7, 11) is 0. The van der Waals surface area contributed by atoms with Crippen LogP contribution in [0.1, 0.15) is 30.1 Å². The molecule has 1 aromatic heterocycles. The number of hydrogen-bond donors (Lipinski definition) is 0. The molecule has 3 nitrogen and oxygen atoms in total. The molecule has 0 saturated carbocycles. The van der Waals surface area contributed by atoms with E-state index < -0.39 is 0 Å². The molecule has 0 amide bonds. The predicted octanol–water partition coefficient (Wildman–Crippen LogP) is 3.99. The molecule has 1 aliphatic rings. The minimum Gasteiger partial charge on any atom is -0.462 e. The monoisotopic (exact) mass is 281 g/mol. The SMILES string of the molecule is CC1CC=CCC1COC(=O)c1cccc2ncccc12. The minimum atomic E-state index is -0.254. The van der Waals surface area contributed by atoms with Gasteiger partial charge in [-0.2, -0.15) is 0 Å². The van der Waals surface area contributed by atoms with Gasteiger partial charge in [0.05, 0.1) is 17.7 Å². The first-order valence-electron chi connectivity index (χ1n) is 7.41. The van der Waals surface area contributed by atoms with E-state index in [-0.39, 0.29) is 5.97 Å². The number of esters is 1. The Kier molecular flexibility index (Phi) is 4.00. The second kappa shape index (κ2) is 6.08. The molecular weight excluding hydrogens is 262 g/mol. The van der Waals surface area contributed by atoms with Gasteiger partial charge in [-0.3, -0.25) is 4.98 Å². The molecule has 0 bridgehead atoms. The van der Waals surface area contributed by atoms with Crippen molar-refractivity contribution in [2.24, 2.45) is 11.8 Å². The average Bonchev–Trinajstić information content (AvgIpc) is 2.53. The van der Waals surface area contributed by atoms with E-state index in [0.29, 0.717) is 24.0 Å². The van der Waals surface area contributed by atoms with Crippen LogP contribution >= 0.6 is 0 Å². The van der Waals surface area contributed by atoms with Crippen molar-refractivity contribution in [3.05, 3.63) is 54.2 Å². The van der Waals surface area contributed by atoms with Gasteiger partial charge >= 0.3 is 5.97 Å². The third kappa shape index (κ3) is 2.97. The first kappa shape index (κ1) is 13.8. The van der Waals surface area contributed by atoms with E-state index in [1.165, 1.54) is 0 Å². The topological polar surface area (TPSA) is 39.2 Å². The lowest BCUT2D eigenvalue weighted by Gasteiger charge is -2.24. The van der Waals surface area contributed by atoms with E-state index in [2.05, 4.69) is 24.1 Å². The van der Waals surface area contributed by atoms with Crippen molar-refractivity contribution in [2.45, 2.75) is 19.8 Å². The number of pyridine rings is 1. The Labute approximate surface area is 124 Å². The number of allylic oxidation sites excluding steroid dienone is 2. The smallest absolute Gasteiger partial charge is 0.338 e. The molecular formula is C18H19NO2. The van der Waals surface area contributed by atoms with Crippen molar-refractivity contribution in [1.29, 1.82) is 0 Å². The van der Waals surface area contributed by atoms with E-state index in [1.807, 2.05) is 24.3 Å². The molecule has 1 heterocycles. The Bertz CT molecular complexity index is 672. The molecule has 0 aliphatic heterocycles. The largest absolute Gasteiger partial charge is 0.462 e. The van der Waals surface area contributed by atoms with Crippen LogP contribution < -0.4 is 0 Å². The van der Waals surface area contributed by atoms with Gasteiger partial charge in [0.15, 0.2) is 0 Å². The number of fused-ring (bicyclic) bond motifs is 1. The van der Waals surface area contributed by atoms with Crippen LogP contribution in [0.4, 0.5) is 0 Å². The van der Waals surface area contributed by atoms with Gasteiger partial charge in [-0.05, 0) is 42.9 Å². The van der Waals surface area contributed by atoms with Gasteiger partial charge in [-0.15, -0.1) is 0 Å². The number of rotatable bonds is 3.